The first kappa shape index (κ1) is 32.2. The molecule has 44 heavy (non-hydrogen) atoms. The number of aryl methyl sites for hydroxylation is 1. The largest absolute Gasteiger partial charge is 0.480 e. The Kier molecular flexibility index (Phi) is 10.1. The predicted molar refractivity (Wildman–Crippen MR) is 185 cm³/mol. The van der Waals surface area contributed by atoms with E-state index in [4.69, 9.17) is 12.2 Å². The van der Waals surface area contributed by atoms with Crippen LogP contribution in [0.5, 0.6) is 0 Å². The number of para-hydroxylation sites is 1. The highest BCUT2D eigenvalue weighted by atomic mass is 32.2. The Labute approximate surface area is 271 Å². The third-order valence-electron chi connectivity index (χ3n) is 8.37. The quantitative estimate of drug-likeness (QED) is 0.266. The van der Waals surface area contributed by atoms with E-state index in [9.17, 15) is 19.5 Å². The molecule has 1 unspecified atom stereocenters. The maximum Gasteiger partial charge on any atom is 0.323 e. The number of thiazole rings is 1. The average molecular weight is 650 g/mol. The first-order chi connectivity index (χ1) is 21.2. The van der Waals surface area contributed by atoms with Crippen LogP contribution in [-0.4, -0.2) is 43.9 Å². The standard InChI is InChI=1S/C34H39N3O4S3/c1-4-6-7-10-20-36-25-13-9-8-12-23(25)15-16-24-21-34(3,19-17-26(24)36)18-11-14-27-30(40)37(22-28(38)39)32(43-27)29-31(41)35(5-2)33(42)44-29/h8-9,11-14,17-19H,4-7,10,15-16,20-22H2,1-3H3,(H,38,39)/b18-11+,27-14+,32-29+. The number of rotatable bonds is 10. The average Bonchev–Trinajstić information content (AvgIpc) is 3.39. The molecule has 1 aromatic heterocycles. The van der Waals surface area contributed by atoms with Crippen molar-refractivity contribution in [3.8, 4) is 0 Å². The summed E-state index contributed by atoms with van der Waals surface area (Å²) in [6, 6.07) is 8.76. The number of carboxylic acids is 1. The fourth-order valence-electron chi connectivity index (χ4n) is 6.08. The lowest BCUT2D eigenvalue weighted by Crippen LogP contribution is -2.35. The second kappa shape index (κ2) is 13.8. The molecular weight excluding hydrogens is 611 g/mol. The minimum atomic E-state index is -1.15. The van der Waals surface area contributed by atoms with Crippen LogP contribution in [0.25, 0.3) is 11.0 Å². The van der Waals surface area contributed by atoms with Crippen molar-refractivity contribution in [2.24, 2.45) is 5.41 Å². The van der Waals surface area contributed by atoms with E-state index in [0.29, 0.717) is 25.0 Å². The van der Waals surface area contributed by atoms with E-state index in [-0.39, 0.29) is 11.3 Å². The molecule has 1 aromatic carbocycles. The van der Waals surface area contributed by atoms with Crippen molar-refractivity contribution in [3.05, 3.63) is 85.0 Å². The molecule has 0 saturated carbocycles. The molecule has 5 rings (SSSR count). The maximum atomic E-state index is 13.3. The summed E-state index contributed by atoms with van der Waals surface area (Å²) in [6.45, 7) is 7.17. The number of aromatic nitrogens is 1. The van der Waals surface area contributed by atoms with Crippen molar-refractivity contribution >= 4 is 68.2 Å². The number of thiocarbonyl (C=S) groups is 1. The summed E-state index contributed by atoms with van der Waals surface area (Å²) in [7, 11) is 0. The molecule has 232 valence electrons. The molecule has 1 aliphatic carbocycles. The zero-order valence-corrected chi connectivity index (χ0v) is 28.0. The van der Waals surface area contributed by atoms with Crippen molar-refractivity contribution in [2.75, 3.05) is 18.0 Å². The van der Waals surface area contributed by atoms with Gasteiger partial charge in [-0.1, -0.05) is 93.5 Å². The number of carbonyl (C=O) groups excluding carboxylic acids is 1. The van der Waals surface area contributed by atoms with E-state index in [1.165, 1.54) is 51.3 Å². The number of hydrogen-bond acceptors (Lipinski definition) is 7. The SMILES string of the molecule is CCCCCCN1C2=C(CCc3ccccc31)CC(C)(/C=C/C=c1/s/c(=C3/SC(=S)N(CC)C3=O)n(CC(=O)O)c1=O)C=C2. The number of amides is 1. The van der Waals surface area contributed by atoms with Gasteiger partial charge in [0.15, 0.2) is 0 Å². The van der Waals surface area contributed by atoms with Crippen LogP contribution in [0.4, 0.5) is 5.69 Å². The van der Waals surface area contributed by atoms with Gasteiger partial charge in [-0.2, -0.15) is 0 Å². The summed E-state index contributed by atoms with van der Waals surface area (Å²) in [4.78, 5) is 42.2. The molecule has 0 bridgehead atoms. The van der Waals surface area contributed by atoms with Crippen molar-refractivity contribution in [2.45, 2.75) is 72.3 Å². The summed E-state index contributed by atoms with van der Waals surface area (Å²) in [6.07, 6.45) is 18.0. The number of carbonyl (C=O) groups is 2. The van der Waals surface area contributed by atoms with Gasteiger partial charge in [-0.05, 0) is 62.0 Å². The smallest absolute Gasteiger partial charge is 0.323 e. The van der Waals surface area contributed by atoms with Gasteiger partial charge in [0.1, 0.15) is 20.4 Å². The van der Waals surface area contributed by atoms with Crippen LogP contribution in [0.2, 0.25) is 0 Å². The molecular formula is C34H39N3O4S3. The highest BCUT2D eigenvalue weighted by Gasteiger charge is 2.33. The summed E-state index contributed by atoms with van der Waals surface area (Å²) in [5.74, 6) is -1.44. The van der Waals surface area contributed by atoms with Gasteiger partial charge in [-0.15, -0.1) is 11.3 Å². The first-order valence-corrected chi connectivity index (χ1v) is 17.4. The molecule has 0 radical (unpaired) electrons. The van der Waals surface area contributed by atoms with Crippen LogP contribution in [0, 0.1) is 5.41 Å². The number of thioether (sulfide) groups is 1. The van der Waals surface area contributed by atoms with E-state index < -0.39 is 18.1 Å². The summed E-state index contributed by atoms with van der Waals surface area (Å²) >= 11 is 7.59. The molecule has 0 spiro atoms. The van der Waals surface area contributed by atoms with Crippen LogP contribution in [0.15, 0.2) is 64.6 Å². The summed E-state index contributed by atoms with van der Waals surface area (Å²) in [5.41, 5.74) is 4.81. The lowest BCUT2D eigenvalue weighted by molar-refractivity contribution is -0.137. The minimum Gasteiger partial charge on any atom is -0.480 e. The monoisotopic (exact) mass is 649 g/mol. The van der Waals surface area contributed by atoms with Gasteiger partial charge in [-0.3, -0.25) is 23.9 Å². The second-order valence-corrected chi connectivity index (χ2v) is 14.3. The first-order valence-electron chi connectivity index (χ1n) is 15.3. The number of hydrogen-bond donors (Lipinski definition) is 1. The Morgan fingerprint density at radius 2 is 1.91 bits per heavy atom. The number of nitrogens with zero attached hydrogens (tertiary/aromatic N) is 3. The molecule has 3 heterocycles. The zero-order chi connectivity index (χ0) is 31.4. The van der Waals surface area contributed by atoms with E-state index in [1.54, 1.807) is 6.08 Å². The van der Waals surface area contributed by atoms with Gasteiger partial charge in [-0.25, -0.2) is 0 Å². The topological polar surface area (TPSA) is 82.8 Å². The third kappa shape index (κ3) is 6.72. The molecule has 10 heteroatoms. The number of benzene rings is 1. The van der Waals surface area contributed by atoms with Crippen LogP contribution in [0.1, 0.15) is 64.9 Å². The lowest BCUT2D eigenvalue weighted by Gasteiger charge is -2.34. The minimum absolute atomic E-state index is 0.236. The molecule has 1 atom stereocenters. The van der Waals surface area contributed by atoms with Crippen LogP contribution < -0.4 is 19.7 Å². The van der Waals surface area contributed by atoms with Gasteiger partial charge in [0.05, 0.1) is 4.53 Å². The summed E-state index contributed by atoms with van der Waals surface area (Å²) in [5, 5.41) is 9.49. The molecule has 3 aliphatic rings. The normalized spacial score (nSPS) is 21.8. The van der Waals surface area contributed by atoms with E-state index in [1.807, 2.05) is 13.0 Å². The van der Waals surface area contributed by atoms with Crippen molar-refractivity contribution in [3.63, 3.8) is 0 Å². The van der Waals surface area contributed by atoms with Crippen molar-refractivity contribution in [1.82, 2.24) is 9.47 Å². The Morgan fingerprint density at radius 1 is 1.11 bits per heavy atom. The number of unbranched alkanes of at least 4 members (excludes halogenated alkanes) is 3. The van der Waals surface area contributed by atoms with Gasteiger partial charge in [0.25, 0.3) is 11.5 Å². The Morgan fingerprint density at radius 3 is 2.64 bits per heavy atom. The second-order valence-electron chi connectivity index (χ2n) is 11.7. The summed E-state index contributed by atoms with van der Waals surface area (Å²) < 4.78 is 2.30. The molecule has 1 amide bonds. The Hall–Kier alpha value is -3.21. The number of fused-ring (bicyclic) bond motifs is 1. The van der Waals surface area contributed by atoms with Gasteiger partial charge >= 0.3 is 5.97 Å². The Balaban J connectivity index is 1.44. The van der Waals surface area contributed by atoms with Crippen molar-refractivity contribution < 1.29 is 14.7 Å². The van der Waals surface area contributed by atoms with Crippen molar-refractivity contribution in [1.29, 1.82) is 0 Å². The highest BCUT2D eigenvalue weighted by Crippen LogP contribution is 2.42. The van der Waals surface area contributed by atoms with Gasteiger partial charge in [0.2, 0.25) is 0 Å². The van der Waals surface area contributed by atoms with Gasteiger partial charge < -0.3 is 10.0 Å². The fourth-order valence-corrected chi connectivity index (χ4v) is 8.68. The van der Waals surface area contributed by atoms with Gasteiger partial charge in [0, 0.05) is 29.9 Å². The fraction of sp³-hybridized carbons (Fsp3) is 0.412. The number of allylic oxidation sites excluding steroid dienone is 5. The predicted octanol–water partition coefficient (Wildman–Crippen LogP) is 5.57. The van der Waals surface area contributed by atoms with E-state index in [0.717, 1.165) is 55.3 Å². The van der Waals surface area contributed by atoms with Crippen LogP contribution >= 0.6 is 35.3 Å². The van der Waals surface area contributed by atoms with E-state index in [2.05, 4.69) is 61.2 Å². The number of carboxylic acid groups (broad SMARTS) is 1. The molecule has 2 aliphatic heterocycles. The molecule has 1 N–H and O–H groups in total. The number of aliphatic carboxylic acids is 1. The number of anilines is 1. The molecule has 1 saturated heterocycles. The molecule has 2 aromatic rings. The van der Waals surface area contributed by atoms with E-state index >= 15 is 0 Å². The van der Waals surface area contributed by atoms with Crippen LogP contribution in [0.3, 0.4) is 0 Å². The highest BCUT2D eigenvalue weighted by molar-refractivity contribution is 8.30. The molecule has 1 fully saturated rings. The maximum absolute atomic E-state index is 13.3. The molecule has 7 nitrogen and oxygen atoms in total. The zero-order valence-electron chi connectivity index (χ0n) is 25.5. The van der Waals surface area contributed by atoms with Crippen LogP contribution in [-0.2, 0) is 22.6 Å². The lowest BCUT2D eigenvalue weighted by atomic mass is 9.77. The third-order valence-corrected chi connectivity index (χ3v) is 11.1. The Bertz CT molecular complexity index is 1750.